The standard InChI is InChI=1S/2C26H44O9.Ca/c2*1-16(13-23(30)33-11-9-7-5-4-6-8-10-22(28)29)12-20-25(32)24(31)19(15-34-20)14-21-26(35-21)17(2)18(3)27;/h2*13,17-21,24-27,31-32H,4-12,14-15H2,1-3H3,(H,28,29);/q;;+2/p-2/b2*16-13+;. The number of rotatable bonds is 32. The Hall–Kier alpha value is -1.78. The first-order valence-electron chi connectivity index (χ1n) is 25.9. The zero-order valence-electron chi connectivity index (χ0n) is 43.2. The van der Waals surface area contributed by atoms with Crippen molar-refractivity contribution in [1.82, 2.24) is 0 Å². The molecule has 404 valence electrons. The van der Waals surface area contributed by atoms with E-state index in [9.17, 15) is 60.0 Å². The average Bonchev–Trinajstić information content (AvgIpc) is 4.23. The summed E-state index contributed by atoms with van der Waals surface area (Å²) in [7, 11) is 0. The fourth-order valence-electron chi connectivity index (χ4n) is 9.16. The fourth-order valence-corrected chi connectivity index (χ4v) is 9.16. The number of aliphatic hydroxyl groups excluding tert-OH is 6. The van der Waals surface area contributed by atoms with E-state index < -0.39 is 72.7 Å². The van der Waals surface area contributed by atoms with Gasteiger partial charge in [0.25, 0.3) is 0 Å². The van der Waals surface area contributed by atoms with Crippen molar-refractivity contribution in [2.75, 3.05) is 26.4 Å². The minimum Gasteiger partial charge on any atom is -0.550 e. The number of carboxylic acid groups (broad SMARTS) is 2. The summed E-state index contributed by atoms with van der Waals surface area (Å²) in [4.78, 5) is 44.8. The van der Waals surface area contributed by atoms with Gasteiger partial charge in [0, 0.05) is 47.8 Å². The SMILES string of the molecule is C/C(=C\C(=O)OCCCCCCCCC(=O)[O-])CC1OCC(CC2OC2C(C)C(C)O)C(O)C1O.C/C(=C\C(=O)OCCCCCCCCC(=O)[O-])CC1OCC(CC2OC2C(C)C(C)O)C(O)C1O.[Ca+2]. The maximum Gasteiger partial charge on any atom is 2.00 e. The average molecular weight is 1040 g/mol. The van der Waals surface area contributed by atoms with E-state index in [0.29, 0.717) is 76.1 Å². The van der Waals surface area contributed by atoms with E-state index in [-0.39, 0.29) is 98.7 Å². The van der Waals surface area contributed by atoms with Crippen molar-refractivity contribution in [1.29, 1.82) is 0 Å². The van der Waals surface area contributed by atoms with Crippen molar-refractivity contribution in [2.24, 2.45) is 23.7 Å². The number of esters is 2. The van der Waals surface area contributed by atoms with Gasteiger partial charge < -0.3 is 78.9 Å². The van der Waals surface area contributed by atoms with Crippen LogP contribution >= 0.6 is 0 Å². The molecule has 0 amide bonds. The van der Waals surface area contributed by atoms with Gasteiger partial charge in [0.05, 0.1) is 87.5 Å². The van der Waals surface area contributed by atoms with Crippen LogP contribution in [0.25, 0.3) is 0 Å². The molecule has 0 bridgehead atoms. The van der Waals surface area contributed by atoms with Gasteiger partial charge in [-0.2, -0.15) is 0 Å². The summed E-state index contributed by atoms with van der Waals surface area (Å²) in [5.41, 5.74) is 1.41. The van der Waals surface area contributed by atoms with E-state index in [1.54, 1.807) is 27.7 Å². The maximum absolute atomic E-state index is 12.0. The van der Waals surface area contributed by atoms with E-state index in [1.165, 1.54) is 12.2 Å². The van der Waals surface area contributed by atoms with Crippen LogP contribution in [0.4, 0.5) is 0 Å². The number of hydrogen-bond acceptors (Lipinski definition) is 18. The normalized spacial score (nSPS) is 30.1. The third kappa shape index (κ3) is 25.5. The van der Waals surface area contributed by atoms with Gasteiger partial charge in [-0.05, 0) is 91.9 Å². The zero-order chi connectivity index (χ0) is 51.9. The Morgan fingerprint density at radius 2 is 0.859 bits per heavy atom. The first-order chi connectivity index (χ1) is 33.2. The van der Waals surface area contributed by atoms with Gasteiger partial charge in [-0.1, -0.05) is 76.4 Å². The predicted molar refractivity (Wildman–Crippen MR) is 258 cm³/mol. The number of epoxide rings is 2. The number of aliphatic hydroxyl groups is 6. The molecule has 0 aromatic rings. The van der Waals surface area contributed by atoms with Crippen LogP contribution in [0.2, 0.25) is 0 Å². The Morgan fingerprint density at radius 1 is 0.535 bits per heavy atom. The molecule has 4 aliphatic heterocycles. The molecule has 4 fully saturated rings. The quantitative estimate of drug-likeness (QED) is 0.0185. The number of hydrogen-bond donors (Lipinski definition) is 6. The number of carbonyl (C=O) groups excluding carboxylic acids is 4. The monoisotopic (exact) mass is 1040 g/mol. The summed E-state index contributed by atoms with van der Waals surface area (Å²) in [6, 6.07) is 0. The molecule has 0 aliphatic carbocycles. The second kappa shape index (κ2) is 34.7. The van der Waals surface area contributed by atoms with Crippen molar-refractivity contribution in [2.45, 2.75) is 230 Å². The molecule has 16 unspecified atom stereocenters. The molecule has 16 atom stereocenters. The Bertz CT molecular complexity index is 1510. The Balaban J connectivity index is 0.000000480. The molecule has 4 aliphatic rings. The fraction of sp³-hybridized carbons (Fsp3) is 0.846. The van der Waals surface area contributed by atoms with Crippen LogP contribution in [0.15, 0.2) is 23.3 Å². The topological polar surface area (TPSA) is 298 Å². The summed E-state index contributed by atoms with van der Waals surface area (Å²) < 4.78 is 33.4. The van der Waals surface area contributed by atoms with Gasteiger partial charge in [0.1, 0.15) is 12.2 Å². The van der Waals surface area contributed by atoms with E-state index in [4.69, 9.17) is 28.4 Å². The second-order valence-corrected chi connectivity index (χ2v) is 20.4. The summed E-state index contributed by atoms with van der Waals surface area (Å²) in [5, 5.41) is 82.4. The summed E-state index contributed by atoms with van der Waals surface area (Å²) in [6.45, 7) is 12.1. The van der Waals surface area contributed by atoms with Crippen LogP contribution in [0.1, 0.15) is 157 Å². The van der Waals surface area contributed by atoms with E-state index in [0.717, 1.165) is 64.2 Å². The summed E-state index contributed by atoms with van der Waals surface area (Å²) >= 11 is 0. The van der Waals surface area contributed by atoms with Crippen LogP contribution in [0.5, 0.6) is 0 Å². The molecule has 18 nitrogen and oxygen atoms in total. The molecule has 0 aromatic carbocycles. The molecule has 0 saturated carbocycles. The van der Waals surface area contributed by atoms with Crippen LogP contribution in [0, 0.1) is 23.7 Å². The molecular weight excluding hydrogens is 953 g/mol. The number of carbonyl (C=O) groups is 4. The Morgan fingerprint density at radius 3 is 1.18 bits per heavy atom. The summed E-state index contributed by atoms with van der Waals surface area (Å²) in [6.07, 6.45) is 8.59. The van der Waals surface area contributed by atoms with Crippen LogP contribution < -0.4 is 10.2 Å². The van der Waals surface area contributed by atoms with Gasteiger partial charge >= 0.3 is 49.7 Å². The number of carboxylic acids is 2. The molecule has 4 saturated heterocycles. The number of ether oxygens (including phenoxy) is 6. The smallest absolute Gasteiger partial charge is 0.550 e. The Kier molecular flexibility index (Phi) is 32.0. The van der Waals surface area contributed by atoms with Crippen molar-refractivity contribution in [3.05, 3.63) is 23.3 Å². The van der Waals surface area contributed by atoms with Crippen molar-refractivity contribution in [3.63, 3.8) is 0 Å². The Labute approximate surface area is 451 Å². The van der Waals surface area contributed by atoms with Gasteiger partial charge in [-0.3, -0.25) is 0 Å². The van der Waals surface area contributed by atoms with Crippen LogP contribution in [-0.4, -0.2) is 192 Å². The van der Waals surface area contributed by atoms with Crippen LogP contribution in [0.3, 0.4) is 0 Å². The van der Waals surface area contributed by atoms with E-state index in [1.807, 2.05) is 13.8 Å². The first kappa shape index (κ1) is 65.3. The first-order valence-corrected chi connectivity index (χ1v) is 25.9. The molecule has 71 heavy (non-hydrogen) atoms. The number of unbranched alkanes of at least 4 members (excludes halogenated alkanes) is 10. The molecule has 0 spiro atoms. The molecule has 6 N–H and O–H groups in total. The van der Waals surface area contributed by atoms with Gasteiger partial charge in [-0.25, -0.2) is 9.59 Å². The maximum atomic E-state index is 12.0. The predicted octanol–water partition coefficient (Wildman–Crippen LogP) is 2.13. The molecule has 0 aromatic heterocycles. The minimum atomic E-state index is -1.06. The van der Waals surface area contributed by atoms with Gasteiger partial charge in [-0.15, -0.1) is 0 Å². The molecule has 4 heterocycles. The summed E-state index contributed by atoms with van der Waals surface area (Å²) in [5.74, 6) is -3.37. The second-order valence-electron chi connectivity index (χ2n) is 20.4. The van der Waals surface area contributed by atoms with E-state index >= 15 is 0 Å². The number of aliphatic carboxylic acids is 2. The van der Waals surface area contributed by atoms with Crippen molar-refractivity contribution < 1.29 is 88.5 Å². The molecular formula is C52H86CaO18. The molecule has 19 heteroatoms. The van der Waals surface area contributed by atoms with Crippen molar-refractivity contribution in [3.8, 4) is 0 Å². The van der Waals surface area contributed by atoms with E-state index in [2.05, 4.69) is 0 Å². The van der Waals surface area contributed by atoms with Crippen molar-refractivity contribution >= 4 is 61.6 Å². The van der Waals surface area contributed by atoms with Gasteiger partial charge in [0.15, 0.2) is 0 Å². The molecule has 4 rings (SSSR count). The largest absolute Gasteiger partial charge is 2.00 e. The molecule has 0 radical (unpaired) electrons. The minimum absolute atomic E-state index is 0. The third-order valence-corrected chi connectivity index (χ3v) is 14.2. The van der Waals surface area contributed by atoms with Gasteiger partial charge in [0.2, 0.25) is 0 Å². The zero-order valence-corrected chi connectivity index (χ0v) is 45.4. The third-order valence-electron chi connectivity index (χ3n) is 14.2. The van der Waals surface area contributed by atoms with Crippen LogP contribution in [-0.2, 0) is 47.6 Å².